The molecule has 1 N–H and O–H groups in total. The zero-order chi connectivity index (χ0) is 21.8. The van der Waals surface area contributed by atoms with Crippen LogP contribution in [0.25, 0.3) is 16.4 Å². The Balaban J connectivity index is 1.61. The number of amides is 1. The fraction of sp³-hybridized carbons (Fsp3) is 0.174. The fourth-order valence-corrected chi connectivity index (χ4v) is 4.71. The van der Waals surface area contributed by atoms with E-state index in [2.05, 4.69) is 17.3 Å². The van der Waals surface area contributed by atoms with Gasteiger partial charge in [0, 0.05) is 21.9 Å². The number of ether oxygens (including phenoxy) is 1. The Morgan fingerprint density at radius 3 is 2.71 bits per heavy atom. The van der Waals surface area contributed by atoms with E-state index in [4.69, 9.17) is 9.72 Å². The number of nitrogens with one attached hydrogen (secondary N) is 1. The molecule has 2 heterocycles. The predicted molar refractivity (Wildman–Crippen MR) is 127 cm³/mol. The minimum atomic E-state index is -0.162. The van der Waals surface area contributed by atoms with Crippen molar-refractivity contribution in [2.45, 2.75) is 18.7 Å². The molecule has 0 saturated carbocycles. The van der Waals surface area contributed by atoms with Gasteiger partial charge in [0.2, 0.25) is 5.13 Å². The average Bonchev–Trinajstić information content (AvgIpc) is 3.41. The highest BCUT2D eigenvalue weighted by atomic mass is 32.2. The van der Waals surface area contributed by atoms with E-state index in [9.17, 15) is 4.79 Å². The van der Waals surface area contributed by atoms with Gasteiger partial charge in [-0.05, 0) is 49.1 Å². The van der Waals surface area contributed by atoms with E-state index in [1.165, 1.54) is 11.3 Å². The Morgan fingerprint density at radius 1 is 1.19 bits per heavy atom. The van der Waals surface area contributed by atoms with Crippen LogP contribution in [0, 0.1) is 6.92 Å². The topological polar surface area (TPSA) is 69.0 Å². The van der Waals surface area contributed by atoms with Crippen LogP contribution in [0.5, 0.6) is 5.75 Å². The number of carbonyl (C=O) groups is 1. The number of rotatable bonds is 7. The maximum absolute atomic E-state index is 13.0. The first-order valence-electron chi connectivity index (χ1n) is 9.79. The molecule has 0 radical (unpaired) electrons. The van der Waals surface area contributed by atoms with Crippen LogP contribution in [-0.4, -0.2) is 33.5 Å². The first kappa shape index (κ1) is 21.1. The molecule has 0 spiro atoms. The van der Waals surface area contributed by atoms with E-state index in [0.717, 1.165) is 33.3 Å². The fourth-order valence-electron chi connectivity index (χ4n) is 3.11. The largest absolute Gasteiger partial charge is 0.497 e. The van der Waals surface area contributed by atoms with Crippen LogP contribution in [0.4, 0.5) is 5.82 Å². The third kappa shape index (κ3) is 4.65. The van der Waals surface area contributed by atoms with E-state index in [-0.39, 0.29) is 5.91 Å². The number of aromatic nitrogens is 3. The lowest BCUT2D eigenvalue weighted by Crippen LogP contribution is -2.16. The summed E-state index contributed by atoms with van der Waals surface area (Å²) in [6.45, 7) is 3.96. The molecule has 4 rings (SSSR count). The number of thioether (sulfide) groups is 1. The lowest BCUT2D eigenvalue weighted by molar-refractivity contribution is 0.102. The van der Waals surface area contributed by atoms with E-state index < -0.39 is 0 Å². The molecule has 4 aromatic rings. The summed E-state index contributed by atoms with van der Waals surface area (Å²) < 4.78 is 6.90. The number of carbonyl (C=O) groups excluding carboxylic acids is 1. The van der Waals surface area contributed by atoms with Crippen LogP contribution >= 0.6 is 23.1 Å². The summed E-state index contributed by atoms with van der Waals surface area (Å²) in [7, 11) is 1.64. The third-order valence-corrected chi connectivity index (χ3v) is 6.34. The van der Waals surface area contributed by atoms with Crippen LogP contribution in [0.3, 0.4) is 0 Å². The van der Waals surface area contributed by atoms with Crippen molar-refractivity contribution >= 4 is 34.8 Å². The minimum absolute atomic E-state index is 0.162. The normalized spacial score (nSPS) is 10.8. The lowest BCUT2D eigenvalue weighted by Gasteiger charge is -2.10. The van der Waals surface area contributed by atoms with Crippen molar-refractivity contribution in [2.24, 2.45) is 0 Å². The molecule has 158 valence electrons. The maximum atomic E-state index is 13.0. The summed E-state index contributed by atoms with van der Waals surface area (Å²) >= 11 is 3.12. The molecule has 0 unspecified atom stereocenters. The highest BCUT2D eigenvalue weighted by Crippen LogP contribution is 2.28. The van der Waals surface area contributed by atoms with Gasteiger partial charge in [-0.2, -0.15) is 9.78 Å². The number of methoxy groups -OCH3 is 1. The number of hydrogen-bond donors (Lipinski definition) is 1. The summed E-state index contributed by atoms with van der Waals surface area (Å²) in [4.78, 5) is 18.7. The van der Waals surface area contributed by atoms with E-state index in [1.54, 1.807) is 23.6 Å². The van der Waals surface area contributed by atoms with Gasteiger partial charge < -0.3 is 10.1 Å². The summed E-state index contributed by atoms with van der Waals surface area (Å²) in [5.74, 6) is 2.13. The average molecular weight is 451 g/mol. The van der Waals surface area contributed by atoms with Gasteiger partial charge in [-0.25, -0.2) is 4.98 Å². The summed E-state index contributed by atoms with van der Waals surface area (Å²) in [6, 6.07) is 17.2. The van der Waals surface area contributed by atoms with Crippen LogP contribution in [0.1, 0.15) is 23.0 Å². The smallest absolute Gasteiger partial charge is 0.257 e. The van der Waals surface area contributed by atoms with Crippen LogP contribution in [0.15, 0.2) is 64.9 Å². The van der Waals surface area contributed by atoms with Gasteiger partial charge in [-0.3, -0.25) is 4.79 Å². The Bertz CT molecular complexity index is 1200. The summed E-state index contributed by atoms with van der Waals surface area (Å²) in [5, 5.41) is 10.2. The van der Waals surface area contributed by atoms with Crippen molar-refractivity contribution in [3.05, 3.63) is 71.2 Å². The molecule has 0 aliphatic carbocycles. The molecular weight excluding hydrogens is 428 g/mol. The number of thiazole rings is 1. The highest BCUT2D eigenvalue weighted by Gasteiger charge is 2.17. The van der Waals surface area contributed by atoms with Gasteiger partial charge in [0.25, 0.3) is 5.91 Å². The number of anilines is 1. The molecule has 2 aromatic carbocycles. The zero-order valence-electron chi connectivity index (χ0n) is 17.5. The molecule has 0 saturated heterocycles. The number of aryl methyl sites for hydroxylation is 1. The van der Waals surface area contributed by atoms with E-state index in [1.807, 2.05) is 66.9 Å². The predicted octanol–water partition coefficient (Wildman–Crippen LogP) is 5.68. The summed E-state index contributed by atoms with van der Waals surface area (Å²) in [5.41, 5.74) is 3.28. The Kier molecular flexibility index (Phi) is 6.39. The molecule has 0 aliphatic heterocycles. The molecule has 0 bridgehead atoms. The van der Waals surface area contributed by atoms with Crippen LogP contribution in [-0.2, 0) is 0 Å². The zero-order valence-corrected chi connectivity index (χ0v) is 19.1. The van der Waals surface area contributed by atoms with Gasteiger partial charge >= 0.3 is 0 Å². The second-order valence-corrected chi connectivity index (χ2v) is 8.85. The molecular formula is C23H22N4O2S2. The van der Waals surface area contributed by atoms with Gasteiger partial charge in [-0.15, -0.1) is 23.1 Å². The number of benzene rings is 2. The molecule has 0 atom stereocenters. The standard InChI is InChI=1S/C23H22N4O2S2/c1-4-30-20-8-6-5-7-18(20)22(28)25-21-13-15(2)26-27(21)23-24-19(14-31-23)16-9-11-17(29-3)12-10-16/h5-14H,4H2,1-3H3,(H,25,28). The molecule has 6 nitrogen and oxygen atoms in total. The van der Waals surface area contributed by atoms with Crippen molar-refractivity contribution in [1.82, 2.24) is 14.8 Å². The monoisotopic (exact) mass is 450 g/mol. The third-order valence-electron chi connectivity index (χ3n) is 4.56. The van der Waals surface area contributed by atoms with Crippen molar-refractivity contribution in [2.75, 3.05) is 18.2 Å². The second kappa shape index (κ2) is 9.36. The van der Waals surface area contributed by atoms with Crippen molar-refractivity contribution in [3.63, 3.8) is 0 Å². The quantitative estimate of drug-likeness (QED) is 0.367. The van der Waals surface area contributed by atoms with Crippen molar-refractivity contribution < 1.29 is 9.53 Å². The van der Waals surface area contributed by atoms with Gasteiger partial charge in [0.15, 0.2) is 0 Å². The highest BCUT2D eigenvalue weighted by molar-refractivity contribution is 7.99. The van der Waals surface area contributed by atoms with Crippen molar-refractivity contribution in [3.8, 4) is 22.1 Å². The molecule has 2 aromatic heterocycles. The number of nitrogens with zero attached hydrogens (tertiary/aromatic N) is 3. The second-order valence-electron chi connectivity index (χ2n) is 6.71. The minimum Gasteiger partial charge on any atom is -0.497 e. The molecule has 31 heavy (non-hydrogen) atoms. The molecule has 8 heteroatoms. The first-order chi connectivity index (χ1) is 15.1. The van der Waals surface area contributed by atoms with E-state index >= 15 is 0 Å². The summed E-state index contributed by atoms with van der Waals surface area (Å²) in [6.07, 6.45) is 0. The number of hydrogen-bond acceptors (Lipinski definition) is 6. The van der Waals surface area contributed by atoms with Gasteiger partial charge in [-0.1, -0.05) is 19.1 Å². The van der Waals surface area contributed by atoms with Crippen molar-refractivity contribution in [1.29, 1.82) is 0 Å². The SMILES string of the molecule is CCSc1ccccc1C(=O)Nc1cc(C)nn1-c1nc(-c2ccc(OC)cc2)cs1. The molecule has 0 fully saturated rings. The Morgan fingerprint density at radius 2 is 1.97 bits per heavy atom. The molecule has 1 amide bonds. The van der Waals surface area contributed by atoms with Gasteiger partial charge in [0.1, 0.15) is 11.6 Å². The van der Waals surface area contributed by atoms with Crippen LogP contribution < -0.4 is 10.1 Å². The molecule has 0 aliphatic rings. The maximum Gasteiger partial charge on any atom is 0.257 e. The van der Waals surface area contributed by atoms with Crippen LogP contribution in [0.2, 0.25) is 0 Å². The Hall–Kier alpha value is -3.10. The first-order valence-corrected chi connectivity index (χ1v) is 11.7. The van der Waals surface area contributed by atoms with Gasteiger partial charge in [0.05, 0.1) is 24.1 Å². The van der Waals surface area contributed by atoms with E-state index in [0.29, 0.717) is 16.5 Å². The lowest BCUT2D eigenvalue weighted by atomic mass is 10.2. The Labute approximate surface area is 189 Å².